The highest BCUT2D eigenvalue weighted by Gasteiger charge is 2.36. The zero-order chi connectivity index (χ0) is 12.1. The Hall–Kier alpha value is -0.310. The topological polar surface area (TPSA) is 44.8 Å². The van der Waals surface area contributed by atoms with Crippen molar-refractivity contribution in [2.75, 3.05) is 0 Å². The SMILES string of the molecule is O=P(OF)(OF)OC(F)CCC(F)(F)F. The highest BCUT2D eigenvalue weighted by atomic mass is 31.2. The molecule has 0 aromatic carbocycles. The van der Waals surface area contributed by atoms with Gasteiger partial charge in [-0.3, -0.25) is 0 Å². The van der Waals surface area contributed by atoms with Gasteiger partial charge in [-0.2, -0.15) is 13.2 Å². The molecule has 0 saturated heterocycles. The summed E-state index contributed by atoms with van der Waals surface area (Å²) in [5.74, 6) is 0. The maximum atomic E-state index is 12.4. The molecule has 0 aliphatic heterocycles. The molecular weight excluding hydrogens is 257 g/mol. The van der Waals surface area contributed by atoms with Crippen LogP contribution in [0, 0.1) is 0 Å². The number of phosphoric acid groups is 1. The van der Waals surface area contributed by atoms with Crippen LogP contribution in [-0.4, -0.2) is 12.5 Å². The molecule has 11 heteroatoms. The van der Waals surface area contributed by atoms with E-state index in [4.69, 9.17) is 0 Å². The molecule has 92 valence electrons. The molecule has 4 nitrogen and oxygen atoms in total. The summed E-state index contributed by atoms with van der Waals surface area (Å²) >= 11 is 0. The zero-order valence-electron chi connectivity index (χ0n) is 6.84. The summed E-state index contributed by atoms with van der Waals surface area (Å²) in [6.07, 6.45) is -10.4. The third-order valence-electron chi connectivity index (χ3n) is 1.07. The van der Waals surface area contributed by atoms with Gasteiger partial charge in [0, 0.05) is 12.8 Å². The quantitative estimate of drug-likeness (QED) is 0.542. The molecular formula is C4H5F6O4P. The van der Waals surface area contributed by atoms with Crippen molar-refractivity contribution in [3.05, 3.63) is 0 Å². The van der Waals surface area contributed by atoms with Gasteiger partial charge in [-0.1, -0.05) is 9.46 Å². The van der Waals surface area contributed by atoms with E-state index in [-0.39, 0.29) is 0 Å². The predicted molar refractivity (Wildman–Crippen MR) is 33.3 cm³/mol. The molecule has 0 aromatic heterocycles. The normalized spacial score (nSPS) is 15.3. The highest BCUT2D eigenvalue weighted by molar-refractivity contribution is 7.48. The third-order valence-corrected chi connectivity index (χ3v) is 1.89. The van der Waals surface area contributed by atoms with Crippen molar-refractivity contribution in [1.29, 1.82) is 0 Å². The number of rotatable bonds is 6. The van der Waals surface area contributed by atoms with Crippen molar-refractivity contribution >= 4 is 7.82 Å². The fourth-order valence-electron chi connectivity index (χ4n) is 0.513. The predicted octanol–water partition coefficient (Wildman–Crippen LogP) is 3.55. The van der Waals surface area contributed by atoms with Gasteiger partial charge >= 0.3 is 14.0 Å². The number of alkyl halides is 4. The summed E-state index contributed by atoms with van der Waals surface area (Å²) in [6.45, 7) is 0. The molecule has 0 rings (SSSR count). The van der Waals surface area contributed by atoms with Crippen LogP contribution in [0.5, 0.6) is 0 Å². The Morgan fingerprint density at radius 1 is 1.20 bits per heavy atom. The van der Waals surface area contributed by atoms with E-state index >= 15 is 0 Å². The first-order chi connectivity index (χ1) is 6.72. The Labute approximate surface area is 79.5 Å². The lowest BCUT2D eigenvalue weighted by Gasteiger charge is -2.12. The van der Waals surface area contributed by atoms with E-state index in [1.165, 1.54) is 0 Å². The van der Waals surface area contributed by atoms with Gasteiger partial charge in [0.2, 0.25) is 6.36 Å². The van der Waals surface area contributed by atoms with Gasteiger partial charge in [-0.05, 0) is 9.05 Å². The summed E-state index contributed by atoms with van der Waals surface area (Å²) < 4.78 is 87.7. The Bertz CT molecular complexity index is 224. The van der Waals surface area contributed by atoms with Crippen molar-refractivity contribution in [2.45, 2.75) is 25.4 Å². The van der Waals surface area contributed by atoms with Gasteiger partial charge in [-0.15, -0.1) is 0 Å². The van der Waals surface area contributed by atoms with Gasteiger partial charge in [0.1, 0.15) is 0 Å². The molecule has 0 aliphatic carbocycles. The summed E-state index contributed by atoms with van der Waals surface area (Å²) in [4.78, 5) is 0. The Morgan fingerprint density at radius 3 is 2.00 bits per heavy atom. The van der Waals surface area contributed by atoms with E-state index in [0.29, 0.717) is 0 Å². The molecule has 0 radical (unpaired) electrons. The molecule has 0 fully saturated rings. The summed E-state index contributed by atoms with van der Waals surface area (Å²) in [5.41, 5.74) is 0. The van der Waals surface area contributed by atoms with E-state index in [9.17, 15) is 31.2 Å². The molecule has 0 amide bonds. The Kier molecular flexibility index (Phi) is 5.57. The molecule has 0 heterocycles. The molecule has 0 aliphatic rings. The first-order valence-corrected chi connectivity index (χ1v) is 4.78. The number of hydrogen-bond acceptors (Lipinski definition) is 4. The lowest BCUT2D eigenvalue weighted by atomic mass is 10.3. The van der Waals surface area contributed by atoms with E-state index in [0.717, 1.165) is 0 Å². The molecule has 15 heavy (non-hydrogen) atoms. The minimum absolute atomic E-state index is 1.29. The second-order valence-electron chi connectivity index (χ2n) is 2.25. The van der Waals surface area contributed by atoms with Crippen molar-refractivity contribution in [3.8, 4) is 0 Å². The molecule has 1 unspecified atom stereocenters. The second-order valence-corrected chi connectivity index (χ2v) is 3.64. The fraction of sp³-hybridized carbons (Fsp3) is 1.00. The van der Waals surface area contributed by atoms with Crippen LogP contribution in [0.3, 0.4) is 0 Å². The van der Waals surface area contributed by atoms with Crippen molar-refractivity contribution < 1.29 is 45.2 Å². The van der Waals surface area contributed by atoms with Crippen LogP contribution in [-0.2, 0) is 18.5 Å². The number of halogens is 6. The fourth-order valence-corrected chi connectivity index (χ4v) is 0.985. The second kappa shape index (κ2) is 5.69. The molecule has 0 bridgehead atoms. The van der Waals surface area contributed by atoms with E-state index < -0.39 is 33.2 Å². The molecule has 0 saturated carbocycles. The average molecular weight is 262 g/mol. The van der Waals surface area contributed by atoms with Crippen LogP contribution in [0.25, 0.3) is 0 Å². The summed E-state index contributed by atoms with van der Waals surface area (Å²) in [6, 6.07) is 0. The molecule has 1 atom stereocenters. The molecule has 0 N–H and O–H groups in total. The smallest absolute Gasteiger partial charge is 0.248 e. The van der Waals surface area contributed by atoms with Gasteiger partial charge in [0.15, 0.2) is 0 Å². The van der Waals surface area contributed by atoms with Gasteiger partial charge in [0.25, 0.3) is 0 Å². The third kappa shape index (κ3) is 6.72. The molecule has 0 aromatic rings. The summed E-state index contributed by atoms with van der Waals surface area (Å²) in [5, 5.41) is 0. The van der Waals surface area contributed by atoms with Crippen LogP contribution < -0.4 is 0 Å². The molecule has 0 spiro atoms. The van der Waals surface area contributed by atoms with Crippen LogP contribution in [0.2, 0.25) is 0 Å². The minimum atomic E-state index is -5.39. The van der Waals surface area contributed by atoms with E-state index in [2.05, 4.69) is 14.0 Å². The van der Waals surface area contributed by atoms with Crippen molar-refractivity contribution in [3.63, 3.8) is 0 Å². The lowest BCUT2D eigenvalue weighted by molar-refractivity contribution is -0.156. The zero-order valence-corrected chi connectivity index (χ0v) is 7.73. The van der Waals surface area contributed by atoms with Gasteiger partial charge in [-0.25, -0.2) is 13.5 Å². The monoisotopic (exact) mass is 262 g/mol. The van der Waals surface area contributed by atoms with E-state index in [1.807, 2.05) is 0 Å². The standard InChI is InChI=1S/C4H5F6O4P/c5-3(1-2-4(6,7)8)12-15(11,13-9)14-10/h3H,1-2H2. The Morgan fingerprint density at radius 2 is 1.67 bits per heavy atom. The first-order valence-electron chi connectivity index (χ1n) is 3.32. The van der Waals surface area contributed by atoms with Crippen LogP contribution in [0.1, 0.15) is 12.8 Å². The van der Waals surface area contributed by atoms with Gasteiger partial charge < -0.3 is 0 Å². The van der Waals surface area contributed by atoms with Crippen LogP contribution >= 0.6 is 7.82 Å². The minimum Gasteiger partial charge on any atom is -0.248 e. The summed E-state index contributed by atoms with van der Waals surface area (Å²) in [7, 11) is -5.39. The Balaban J connectivity index is 4.03. The largest absolute Gasteiger partial charge is 0.539 e. The van der Waals surface area contributed by atoms with Crippen molar-refractivity contribution in [1.82, 2.24) is 0 Å². The maximum absolute atomic E-state index is 12.4. The average Bonchev–Trinajstić information content (AvgIpc) is 2.13. The number of hydrogen-bond donors (Lipinski definition) is 0. The van der Waals surface area contributed by atoms with Gasteiger partial charge in [0.05, 0.1) is 0 Å². The highest BCUT2D eigenvalue weighted by Crippen LogP contribution is 2.52. The van der Waals surface area contributed by atoms with E-state index in [1.54, 1.807) is 0 Å². The van der Waals surface area contributed by atoms with Crippen LogP contribution in [0.4, 0.5) is 26.6 Å². The van der Waals surface area contributed by atoms with Crippen LogP contribution in [0.15, 0.2) is 0 Å². The van der Waals surface area contributed by atoms with Crippen molar-refractivity contribution in [2.24, 2.45) is 0 Å². The maximum Gasteiger partial charge on any atom is 0.539 e. The lowest BCUT2D eigenvalue weighted by Crippen LogP contribution is -2.13. The first kappa shape index (κ1) is 14.7.